The van der Waals surface area contributed by atoms with E-state index in [0.29, 0.717) is 0 Å². The van der Waals surface area contributed by atoms with Gasteiger partial charge in [0.2, 0.25) is 0 Å². The molecule has 0 unspecified atom stereocenters. The average Bonchev–Trinajstić information content (AvgIpc) is 2.20. The molecule has 0 heterocycles. The summed E-state index contributed by atoms with van der Waals surface area (Å²) in [6.45, 7) is 3.22. The van der Waals surface area contributed by atoms with E-state index in [-0.39, 0.29) is 0 Å². The number of halogens is 1. The number of rotatable bonds is 6. The molecule has 0 spiro atoms. The summed E-state index contributed by atoms with van der Waals surface area (Å²) in [4.78, 5) is 2.22. The second kappa shape index (κ2) is 7.19. The Morgan fingerprint density at radius 2 is 2.00 bits per heavy atom. The van der Waals surface area contributed by atoms with Crippen LogP contribution in [-0.4, -0.2) is 32.1 Å². The summed E-state index contributed by atoms with van der Waals surface area (Å²) < 4.78 is 1.34. The van der Waals surface area contributed by atoms with Gasteiger partial charge in [0.05, 0.1) is 0 Å². The van der Waals surface area contributed by atoms with Gasteiger partial charge in [0.25, 0.3) is 0 Å². The van der Waals surface area contributed by atoms with Crippen LogP contribution in [0.4, 0.5) is 0 Å². The van der Waals surface area contributed by atoms with Crippen molar-refractivity contribution >= 4 is 22.6 Å². The molecule has 84 valence electrons. The zero-order valence-electron chi connectivity index (χ0n) is 9.46. The monoisotopic (exact) mass is 318 g/mol. The van der Waals surface area contributed by atoms with E-state index in [4.69, 9.17) is 0 Å². The lowest BCUT2D eigenvalue weighted by atomic mass is 10.2. The van der Waals surface area contributed by atoms with Crippen molar-refractivity contribution in [3.8, 4) is 0 Å². The summed E-state index contributed by atoms with van der Waals surface area (Å²) in [6.07, 6.45) is 1.20. The Morgan fingerprint density at radius 1 is 1.27 bits per heavy atom. The van der Waals surface area contributed by atoms with Crippen LogP contribution in [0.2, 0.25) is 0 Å². The molecule has 1 aromatic rings. The smallest absolute Gasteiger partial charge is 0.0216 e. The zero-order valence-corrected chi connectivity index (χ0v) is 11.6. The molecular weight excluding hydrogens is 299 g/mol. The highest BCUT2D eigenvalue weighted by Gasteiger charge is 1.97. The van der Waals surface area contributed by atoms with Crippen molar-refractivity contribution in [2.45, 2.75) is 13.0 Å². The van der Waals surface area contributed by atoms with Crippen LogP contribution < -0.4 is 5.32 Å². The fourth-order valence-corrected chi connectivity index (χ4v) is 1.96. The van der Waals surface area contributed by atoms with E-state index in [1.165, 1.54) is 15.6 Å². The first-order chi connectivity index (χ1) is 7.20. The molecule has 1 aromatic carbocycles. The first-order valence-corrected chi connectivity index (χ1v) is 6.37. The van der Waals surface area contributed by atoms with Gasteiger partial charge in [0.1, 0.15) is 0 Å². The van der Waals surface area contributed by atoms with Crippen LogP contribution in [0.1, 0.15) is 12.0 Å². The Morgan fingerprint density at radius 3 is 2.67 bits per heavy atom. The summed E-state index contributed by atoms with van der Waals surface area (Å²) in [5.41, 5.74) is 1.39. The first-order valence-electron chi connectivity index (χ1n) is 5.29. The van der Waals surface area contributed by atoms with Gasteiger partial charge in [-0.2, -0.15) is 0 Å². The van der Waals surface area contributed by atoms with Gasteiger partial charge in [0.15, 0.2) is 0 Å². The number of benzene rings is 1. The fourth-order valence-electron chi connectivity index (χ4n) is 1.39. The minimum Gasteiger partial charge on any atom is -0.313 e. The third kappa shape index (κ3) is 5.49. The Labute approximate surface area is 106 Å². The lowest BCUT2D eigenvalue weighted by molar-refractivity contribution is 0.394. The molecule has 0 aromatic heterocycles. The molecule has 0 fully saturated rings. The largest absolute Gasteiger partial charge is 0.313 e. The van der Waals surface area contributed by atoms with Gasteiger partial charge in [-0.05, 0) is 67.8 Å². The molecule has 2 nitrogen and oxygen atoms in total. The molecule has 0 amide bonds. The van der Waals surface area contributed by atoms with Gasteiger partial charge >= 0.3 is 0 Å². The second-order valence-corrected chi connectivity index (χ2v) is 5.09. The molecule has 0 aliphatic carbocycles. The van der Waals surface area contributed by atoms with Gasteiger partial charge in [-0.25, -0.2) is 0 Å². The van der Waals surface area contributed by atoms with Crippen LogP contribution >= 0.6 is 22.6 Å². The van der Waals surface area contributed by atoms with Gasteiger partial charge in [-0.1, -0.05) is 18.2 Å². The SMILES string of the molecule is CN(C)CCCNCc1ccccc1I. The van der Waals surface area contributed by atoms with Crippen molar-refractivity contribution < 1.29 is 0 Å². The summed E-state index contributed by atoms with van der Waals surface area (Å²) in [5.74, 6) is 0. The van der Waals surface area contributed by atoms with Crippen molar-refractivity contribution in [1.82, 2.24) is 10.2 Å². The average molecular weight is 318 g/mol. The highest BCUT2D eigenvalue weighted by atomic mass is 127. The van der Waals surface area contributed by atoms with E-state index in [0.717, 1.165) is 19.6 Å². The minimum atomic E-state index is 0.979. The molecule has 3 heteroatoms. The summed E-state index contributed by atoms with van der Waals surface area (Å²) in [6, 6.07) is 8.51. The molecule has 15 heavy (non-hydrogen) atoms. The molecule has 1 rings (SSSR count). The van der Waals surface area contributed by atoms with Crippen molar-refractivity contribution in [3.05, 3.63) is 33.4 Å². The standard InChI is InChI=1S/C12H19IN2/c1-15(2)9-5-8-14-10-11-6-3-4-7-12(11)13/h3-4,6-7,14H,5,8-10H2,1-2H3. The predicted octanol–water partition coefficient (Wildman–Crippen LogP) is 2.33. The molecular formula is C12H19IN2. The van der Waals surface area contributed by atoms with Crippen LogP contribution in [0.15, 0.2) is 24.3 Å². The van der Waals surface area contributed by atoms with E-state index in [1.807, 2.05) is 0 Å². The lowest BCUT2D eigenvalue weighted by Crippen LogP contribution is -2.21. The number of hydrogen-bond acceptors (Lipinski definition) is 2. The Kier molecular flexibility index (Phi) is 6.20. The molecule has 0 saturated carbocycles. The van der Waals surface area contributed by atoms with Crippen molar-refractivity contribution in [1.29, 1.82) is 0 Å². The maximum absolute atomic E-state index is 3.47. The maximum Gasteiger partial charge on any atom is 0.0216 e. The number of nitrogens with one attached hydrogen (secondary N) is 1. The quantitative estimate of drug-likeness (QED) is 0.640. The molecule has 0 aliphatic heterocycles. The minimum absolute atomic E-state index is 0.979. The maximum atomic E-state index is 3.47. The van der Waals surface area contributed by atoms with Crippen LogP contribution in [0.5, 0.6) is 0 Å². The molecule has 0 atom stereocenters. The molecule has 0 radical (unpaired) electrons. The lowest BCUT2D eigenvalue weighted by Gasteiger charge is -2.10. The van der Waals surface area contributed by atoms with Gasteiger partial charge in [-0.3, -0.25) is 0 Å². The number of hydrogen-bond donors (Lipinski definition) is 1. The van der Waals surface area contributed by atoms with Crippen molar-refractivity contribution in [2.75, 3.05) is 27.2 Å². The Balaban J connectivity index is 2.18. The summed E-state index contributed by atoms with van der Waals surface area (Å²) in [5, 5.41) is 3.47. The van der Waals surface area contributed by atoms with E-state index in [2.05, 4.69) is 71.2 Å². The Hall–Kier alpha value is -0.130. The molecule has 0 aliphatic rings. The van der Waals surface area contributed by atoms with E-state index < -0.39 is 0 Å². The molecule has 1 N–H and O–H groups in total. The third-order valence-corrected chi connectivity index (χ3v) is 3.28. The van der Waals surface area contributed by atoms with E-state index in [1.54, 1.807) is 0 Å². The molecule has 0 saturated heterocycles. The van der Waals surface area contributed by atoms with Crippen LogP contribution in [0, 0.1) is 3.57 Å². The normalized spacial score (nSPS) is 10.9. The van der Waals surface area contributed by atoms with Gasteiger partial charge in [0, 0.05) is 10.1 Å². The topological polar surface area (TPSA) is 15.3 Å². The van der Waals surface area contributed by atoms with E-state index >= 15 is 0 Å². The molecule has 0 bridgehead atoms. The summed E-state index contributed by atoms with van der Waals surface area (Å²) in [7, 11) is 4.22. The Bertz CT molecular complexity index is 287. The first kappa shape index (κ1) is 12.9. The van der Waals surface area contributed by atoms with Crippen molar-refractivity contribution in [3.63, 3.8) is 0 Å². The predicted molar refractivity (Wildman–Crippen MR) is 74.0 cm³/mol. The van der Waals surface area contributed by atoms with Crippen molar-refractivity contribution in [2.24, 2.45) is 0 Å². The summed E-state index contributed by atoms with van der Waals surface area (Å²) >= 11 is 2.38. The fraction of sp³-hybridized carbons (Fsp3) is 0.500. The van der Waals surface area contributed by atoms with Gasteiger partial charge < -0.3 is 10.2 Å². The van der Waals surface area contributed by atoms with Gasteiger partial charge in [-0.15, -0.1) is 0 Å². The van der Waals surface area contributed by atoms with Crippen LogP contribution in [0.3, 0.4) is 0 Å². The van der Waals surface area contributed by atoms with Crippen LogP contribution in [0.25, 0.3) is 0 Å². The third-order valence-electron chi connectivity index (χ3n) is 2.23. The van der Waals surface area contributed by atoms with E-state index in [9.17, 15) is 0 Å². The highest BCUT2D eigenvalue weighted by molar-refractivity contribution is 14.1. The van der Waals surface area contributed by atoms with Crippen LogP contribution in [-0.2, 0) is 6.54 Å². The number of nitrogens with zero attached hydrogens (tertiary/aromatic N) is 1. The highest BCUT2D eigenvalue weighted by Crippen LogP contribution is 2.10. The second-order valence-electron chi connectivity index (χ2n) is 3.93. The zero-order chi connectivity index (χ0) is 11.1.